The molecule has 100 valence electrons. The van der Waals surface area contributed by atoms with Crippen LogP contribution in [0.15, 0.2) is 42.6 Å². The van der Waals surface area contributed by atoms with Crippen molar-refractivity contribution in [3.63, 3.8) is 0 Å². The van der Waals surface area contributed by atoms with E-state index in [4.69, 9.17) is 9.84 Å². The minimum absolute atomic E-state index is 0.141. The van der Waals surface area contributed by atoms with Gasteiger partial charge in [0.1, 0.15) is 5.75 Å². The van der Waals surface area contributed by atoms with Crippen molar-refractivity contribution in [3.05, 3.63) is 53.7 Å². The normalized spacial score (nSPS) is 12.2. The van der Waals surface area contributed by atoms with Crippen LogP contribution in [0, 0.1) is 0 Å². The molecule has 19 heavy (non-hydrogen) atoms. The van der Waals surface area contributed by atoms with Gasteiger partial charge in [0.25, 0.3) is 0 Å². The van der Waals surface area contributed by atoms with Crippen LogP contribution in [0.5, 0.6) is 11.6 Å². The van der Waals surface area contributed by atoms with Crippen molar-refractivity contribution in [2.24, 2.45) is 0 Å². The maximum absolute atomic E-state index is 9.38. The Kier molecular flexibility index (Phi) is 4.49. The minimum Gasteiger partial charge on any atom is -0.439 e. The van der Waals surface area contributed by atoms with Crippen LogP contribution in [0.1, 0.15) is 24.2 Å². The molecule has 1 atom stereocenters. The Morgan fingerprint density at radius 2 is 1.89 bits per heavy atom. The van der Waals surface area contributed by atoms with E-state index in [1.54, 1.807) is 25.3 Å². The van der Waals surface area contributed by atoms with E-state index in [1.807, 2.05) is 24.3 Å². The van der Waals surface area contributed by atoms with Gasteiger partial charge in [0, 0.05) is 18.9 Å². The van der Waals surface area contributed by atoms with Crippen molar-refractivity contribution < 1.29 is 14.9 Å². The molecular weight excluding hydrogens is 242 g/mol. The first-order valence-corrected chi connectivity index (χ1v) is 6.20. The van der Waals surface area contributed by atoms with Gasteiger partial charge in [-0.05, 0) is 42.7 Å². The molecule has 0 fully saturated rings. The average molecular weight is 259 g/mol. The van der Waals surface area contributed by atoms with Gasteiger partial charge in [-0.2, -0.15) is 0 Å². The molecule has 0 amide bonds. The lowest BCUT2D eigenvalue weighted by Gasteiger charge is -2.07. The van der Waals surface area contributed by atoms with Crippen molar-refractivity contribution in [1.82, 2.24) is 4.98 Å². The first-order chi connectivity index (χ1) is 9.19. The van der Waals surface area contributed by atoms with Gasteiger partial charge in [-0.15, -0.1) is 0 Å². The van der Waals surface area contributed by atoms with Crippen LogP contribution in [0.2, 0.25) is 0 Å². The Balaban J connectivity index is 2.04. The number of hydrogen-bond acceptors (Lipinski definition) is 4. The third-order valence-corrected chi connectivity index (χ3v) is 2.79. The lowest BCUT2D eigenvalue weighted by molar-refractivity contribution is 0.198. The summed E-state index contributed by atoms with van der Waals surface area (Å²) in [4.78, 5) is 4.13. The van der Waals surface area contributed by atoms with Crippen LogP contribution in [-0.4, -0.2) is 21.8 Å². The van der Waals surface area contributed by atoms with Crippen LogP contribution in [0.25, 0.3) is 0 Å². The summed E-state index contributed by atoms with van der Waals surface area (Å²) < 4.78 is 5.59. The fourth-order valence-electron chi connectivity index (χ4n) is 1.67. The van der Waals surface area contributed by atoms with Crippen molar-refractivity contribution in [3.8, 4) is 11.6 Å². The second kappa shape index (κ2) is 6.31. The lowest BCUT2D eigenvalue weighted by Crippen LogP contribution is -1.94. The number of ether oxygens (including phenoxy) is 1. The quantitative estimate of drug-likeness (QED) is 0.865. The predicted octanol–water partition coefficient (Wildman–Crippen LogP) is 2.46. The Labute approximate surface area is 112 Å². The smallest absolute Gasteiger partial charge is 0.219 e. The Bertz CT molecular complexity index is 506. The van der Waals surface area contributed by atoms with Gasteiger partial charge in [0.15, 0.2) is 0 Å². The average Bonchev–Trinajstić information content (AvgIpc) is 2.42. The summed E-state index contributed by atoms with van der Waals surface area (Å²) in [5.41, 5.74) is 1.82. The number of aliphatic hydroxyl groups is 2. The number of aliphatic hydroxyl groups excluding tert-OH is 2. The molecule has 1 heterocycles. The predicted molar refractivity (Wildman–Crippen MR) is 72.2 cm³/mol. The molecule has 0 aliphatic carbocycles. The number of pyridine rings is 1. The highest BCUT2D eigenvalue weighted by Crippen LogP contribution is 2.21. The van der Waals surface area contributed by atoms with Crippen LogP contribution in [0.3, 0.4) is 0 Å². The number of rotatable bonds is 5. The minimum atomic E-state index is -0.528. The summed E-state index contributed by atoms with van der Waals surface area (Å²) in [5, 5.41) is 18.2. The maximum Gasteiger partial charge on any atom is 0.219 e. The van der Waals surface area contributed by atoms with Crippen molar-refractivity contribution in [2.75, 3.05) is 6.61 Å². The molecule has 1 aromatic carbocycles. The first kappa shape index (κ1) is 13.5. The molecule has 2 rings (SSSR count). The van der Waals surface area contributed by atoms with Crippen LogP contribution in [0.4, 0.5) is 0 Å². The monoisotopic (exact) mass is 259 g/mol. The standard InChI is InChI=1S/C15H17NO3/c1-11(18)13-4-7-15(16-10-13)19-14-5-2-12(3-6-14)8-9-17/h2-7,10-11,17-18H,8-9H2,1H3. The summed E-state index contributed by atoms with van der Waals surface area (Å²) in [6.45, 7) is 1.83. The molecule has 0 saturated heterocycles. The molecule has 1 unspecified atom stereocenters. The number of aromatic nitrogens is 1. The van der Waals surface area contributed by atoms with Gasteiger partial charge in [-0.1, -0.05) is 12.1 Å². The van der Waals surface area contributed by atoms with E-state index in [0.29, 0.717) is 18.1 Å². The van der Waals surface area contributed by atoms with Crippen molar-refractivity contribution in [2.45, 2.75) is 19.4 Å². The zero-order valence-corrected chi connectivity index (χ0v) is 10.8. The third-order valence-electron chi connectivity index (χ3n) is 2.79. The molecule has 2 aromatic rings. The van der Waals surface area contributed by atoms with E-state index >= 15 is 0 Å². The van der Waals surface area contributed by atoms with Gasteiger partial charge in [-0.25, -0.2) is 4.98 Å². The third kappa shape index (κ3) is 3.77. The van der Waals surface area contributed by atoms with Gasteiger partial charge in [-0.3, -0.25) is 0 Å². The Hall–Kier alpha value is -1.91. The van der Waals surface area contributed by atoms with Crippen molar-refractivity contribution in [1.29, 1.82) is 0 Å². The second-order valence-corrected chi connectivity index (χ2v) is 4.33. The molecule has 4 nitrogen and oxygen atoms in total. The molecule has 0 radical (unpaired) electrons. The van der Waals surface area contributed by atoms with Crippen LogP contribution in [-0.2, 0) is 6.42 Å². The van der Waals surface area contributed by atoms with Gasteiger partial charge >= 0.3 is 0 Å². The van der Waals surface area contributed by atoms with E-state index in [0.717, 1.165) is 11.1 Å². The molecule has 1 aromatic heterocycles. The number of benzene rings is 1. The molecule has 2 N–H and O–H groups in total. The van der Waals surface area contributed by atoms with E-state index in [1.165, 1.54) is 0 Å². The van der Waals surface area contributed by atoms with Gasteiger partial charge < -0.3 is 14.9 Å². The van der Waals surface area contributed by atoms with E-state index in [9.17, 15) is 5.11 Å². The summed E-state index contributed by atoms with van der Waals surface area (Å²) in [7, 11) is 0. The molecule has 0 spiro atoms. The zero-order valence-electron chi connectivity index (χ0n) is 10.8. The lowest BCUT2D eigenvalue weighted by atomic mass is 10.1. The van der Waals surface area contributed by atoms with Gasteiger partial charge in [0.2, 0.25) is 5.88 Å². The zero-order chi connectivity index (χ0) is 13.7. The van der Waals surface area contributed by atoms with E-state index < -0.39 is 6.10 Å². The second-order valence-electron chi connectivity index (χ2n) is 4.33. The summed E-state index contributed by atoms with van der Waals surface area (Å²) in [6, 6.07) is 11.0. The Morgan fingerprint density at radius 3 is 2.42 bits per heavy atom. The highest BCUT2D eigenvalue weighted by molar-refractivity contribution is 5.31. The molecule has 0 aliphatic rings. The number of nitrogens with zero attached hydrogens (tertiary/aromatic N) is 1. The van der Waals surface area contributed by atoms with E-state index in [2.05, 4.69) is 4.98 Å². The highest BCUT2D eigenvalue weighted by Gasteiger charge is 2.03. The first-order valence-electron chi connectivity index (χ1n) is 6.20. The molecule has 4 heteroatoms. The number of hydrogen-bond donors (Lipinski definition) is 2. The maximum atomic E-state index is 9.38. The molecular formula is C15H17NO3. The Morgan fingerprint density at radius 1 is 1.16 bits per heavy atom. The largest absolute Gasteiger partial charge is 0.439 e. The highest BCUT2D eigenvalue weighted by atomic mass is 16.5. The topological polar surface area (TPSA) is 62.6 Å². The van der Waals surface area contributed by atoms with Crippen LogP contribution >= 0.6 is 0 Å². The SMILES string of the molecule is CC(O)c1ccc(Oc2ccc(CCO)cc2)nc1. The summed E-state index contributed by atoms with van der Waals surface area (Å²) >= 11 is 0. The fraction of sp³-hybridized carbons (Fsp3) is 0.267. The fourth-order valence-corrected chi connectivity index (χ4v) is 1.67. The van der Waals surface area contributed by atoms with Gasteiger partial charge in [0.05, 0.1) is 6.10 Å². The van der Waals surface area contributed by atoms with Crippen LogP contribution < -0.4 is 4.74 Å². The van der Waals surface area contributed by atoms with E-state index in [-0.39, 0.29) is 6.61 Å². The summed E-state index contributed by atoms with van der Waals surface area (Å²) in [6.07, 6.45) is 1.71. The summed E-state index contributed by atoms with van der Waals surface area (Å²) in [5.74, 6) is 1.18. The molecule has 0 saturated carbocycles. The molecule has 0 aliphatic heterocycles. The molecule has 0 bridgehead atoms. The van der Waals surface area contributed by atoms with Crippen molar-refractivity contribution >= 4 is 0 Å².